The molecule has 0 unspecified atom stereocenters. The Morgan fingerprint density at radius 3 is 2.77 bits per heavy atom. The van der Waals surface area contributed by atoms with Gasteiger partial charge in [0.2, 0.25) is 0 Å². The van der Waals surface area contributed by atoms with Crippen molar-refractivity contribution in [2.75, 3.05) is 5.32 Å². The predicted octanol–water partition coefficient (Wildman–Crippen LogP) is 4.87. The van der Waals surface area contributed by atoms with Gasteiger partial charge in [-0.2, -0.15) is 5.26 Å². The van der Waals surface area contributed by atoms with Crippen LogP contribution in [0.3, 0.4) is 0 Å². The Morgan fingerprint density at radius 1 is 1.27 bits per heavy atom. The molecule has 0 atom stereocenters. The standard InChI is InChI=1S/C20H17N3O2S/c1-12-4-5-13(2)17(8-12)18-11-26-20(22-18)23-19(24)15(10-21)9-16-7-6-14(3)25-16/h4-9,11H,1-3H3,(H,22,23,24)/b15-9+. The van der Waals surface area contributed by atoms with Gasteiger partial charge in [0, 0.05) is 17.0 Å². The molecule has 2 aromatic heterocycles. The lowest BCUT2D eigenvalue weighted by Gasteiger charge is -2.04. The first-order chi connectivity index (χ1) is 12.5. The lowest BCUT2D eigenvalue weighted by molar-refractivity contribution is -0.112. The third-order valence-corrected chi connectivity index (χ3v) is 4.56. The first-order valence-corrected chi connectivity index (χ1v) is 8.87. The van der Waals surface area contributed by atoms with Gasteiger partial charge in [0.1, 0.15) is 23.2 Å². The lowest BCUT2D eigenvalue weighted by atomic mass is 10.0. The second kappa shape index (κ2) is 7.38. The van der Waals surface area contributed by atoms with Crippen LogP contribution in [0.5, 0.6) is 0 Å². The summed E-state index contributed by atoms with van der Waals surface area (Å²) in [7, 11) is 0. The van der Waals surface area contributed by atoms with Gasteiger partial charge >= 0.3 is 0 Å². The average molecular weight is 363 g/mol. The number of carbonyl (C=O) groups is 1. The van der Waals surface area contributed by atoms with Gasteiger partial charge in [-0.15, -0.1) is 11.3 Å². The van der Waals surface area contributed by atoms with E-state index in [9.17, 15) is 10.1 Å². The number of aromatic nitrogens is 1. The molecule has 0 radical (unpaired) electrons. The molecule has 1 aromatic carbocycles. The topological polar surface area (TPSA) is 78.9 Å². The molecule has 1 N–H and O–H groups in total. The molecule has 1 amide bonds. The normalized spacial score (nSPS) is 11.2. The lowest BCUT2D eigenvalue weighted by Crippen LogP contribution is -2.13. The van der Waals surface area contributed by atoms with E-state index in [-0.39, 0.29) is 5.57 Å². The zero-order valence-electron chi connectivity index (χ0n) is 14.7. The minimum Gasteiger partial charge on any atom is -0.462 e. The number of nitrogens with zero attached hydrogens (tertiary/aromatic N) is 2. The number of aryl methyl sites for hydroxylation is 3. The summed E-state index contributed by atoms with van der Waals surface area (Å²) in [5, 5.41) is 14.3. The maximum absolute atomic E-state index is 12.3. The third-order valence-electron chi connectivity index (χ3n) is 3.81. The quantitative estimate of drug-likeness (QED) is 0.529. The van der Waals surface area contributed by atoms with Gasteiger partial charge in [-0.05, 0) is 44.5 Å². The summed E-state index contributed by atoms with van der Waals surface area (Å²) in [6.07, 6.45) is 1.42. The number of carbonyl (C=O) groups excluding carboxylic acids is 1. The minimum atomic E-state index is -0.511. The molecule has 0 fully saturated rings. The van der Waals surface area contributed by atoms with E-state index < -0.39 is 5.91 Å². The van der Waals surface area contributed by atoms with Crippen molar-refractivity contribution < 1.29 is 9.21 Å². The first kappa shape index (κ1) is 17.6. The first-order valence-electron chi connectivity index (χ1n) is 7.99. The summed E-state index contributed by atoms with van der Waals surface area (Å²) in [6.45, 7) is 5.85. The Kier molecular flexibility index (Phi) is 5.01. The molecule has 2 heterocycles. The molecule has 0 aliphatic heterocycles. The zero-order chi connectivity index (χ0) is 18.7. The Labute approximate surface area is 155 Å². The molecule has 130 valence electrons. The number of nitriles is 1. The molecule has 26 heavy (non-hydrogen) atoms. The van der Waals surface area contributed by atoms with Crippen molar-refractivity contribution in [1.29, 1.82) is 5.26 Å². The Hall–Kier alpha value is -3.17. The van der Waals surface area contributed by atoms with Crippen molar-refractivity contribution in [3.8, 4) is 17.3 Å². The predicted molar refractivity (Wildman–Crippen MR) is 103 cm³/mol. The highest BCUT2D eigenvalue weighted by Gasteiger charge is 2.14. The number of anilines is 1. The fourth-order valence-corrected chi connectivity index (χ4v) is 3.16. The van der Waals surface area contributed by atoms with E-state index in [1.807, 2.05) is 37.4 Å². The van der Waals surface area contributed by atoms with Crippen LogP contribution in [0.25, 0.3) is 17.3 Å². The third kappa shape index (κ3) is 3.90. The molecular weight excluding hydrogens is 346 g/mol. The van der Waals surface area contributed by atoms with E-state index in [4.69, 9.17) is 4.42 Å². The fraction of sp³-hybridized carbons (Fsp3) is 0.150. The van der Waals surface area contributed by atoms with Crippen LogP contribution in [-0.2, 0) is 4.79 Å². The van der Waals surface area contributed by atoms with Crippen LogP contribution >= 0.6 is 11.3 Å². The molecule has 0 saturated heterocycles. The summed E-state index contributed by atoms with van der Waals surface area (Å²) in [6, 6.07) is 11.5. The van der Waals surface area contributed by atoms with Gasteiger partial charge in [0.15, 0.2) is 5.13 Å². The number of rotatable bonds is 4. The number of thiazole rings is 1. The van der Waals surface area contributed by atoms with Crippen molar-refractivity contribution in [2.45, 2.75) is 20.8 Å². The van der Waals surface area contributed by atoms with Gasteiger partial charge in [-0.3, -0.25) is 10.1 Å². The summed E-state index contributed by atoms with van der Waals surface area (Å²) in [5.74, 6) is 0.667. The summed E-state index contributed by atoms with van der Waals surface area (Å²) < 4.78 is 5.38. The van der Waals surface area contributed by atoms with Crippen LogP contribution in [0.4, 0.5) is 5.13 Å². The van der Waals surface area contributed by atoms with Crippen LogP contribution < -0.4 is 5.32 Å². The van der Waals surface area contributed by atoms with Crippen molar-refractivity contribution in [1.82, 2.24) is 4.98 Å². The number of benzene rings is 1. The molecule has 3 aromatic rings. The number of hydrogen-bond donors (Lipinski definition) is 1. The van der Waals surface area contributed by atoms with Crippen LogP contribution in [0, 0.1) is 32.1 Å². The second-order valence-corrected chi connectivity index (χ2v) is 6.79. The van der Waals surface area contributed by atoms with Gasteiger partial charge < -0.3 is 4.42 Å². The van der Waals surface area contributed by atoms with Crippen molar-refractivity contribution in [3.05, 3.63) is 63.9 Å². The Balaban J connectivity index is 1.80. The highest BCUT2D eigenvalue weighted by Crippen LogP contribution is 2.28. The minimum absolute atomic E-state index is 0.0390. The molecule has 0 aliphatic rings. The van der Waals surface area contributed by atoms with Gasteiger partial charge in [0.05, 0.1) is 5.69 Å². The smallest absolute Gasteiger partial charge is 0.268 e. The molecule has 3 rings (SSSR count). The van der Waals surface area contributed by atoms with E-state index >= 15 is 0 Å². The number of amides is 1. The summed E-state index contributed by atoms with van der Waals surface area (Å²) in [4.78, 5) is 16.8. The number of hydrogen-bond acceptors (Lipinski definition) is 5. The van der Waals surface area contributed by atoms with Crippen LogP contribution in [0.2, 0.25) is 0 Å². The van der Waals surface area contributed by atoms with E-state index in [0.29, 0.717) is 16.7 Å². The molecule has 0 aliphatic carbocycles. The molecule has 6 heteroatoms. The summed E-state index contributed by atoms with van der Waals surface area (Å²) in [5.41, 5.74) is 4.06. The maximum atomic E-state index is 12.3. The molecule has 0 saturated carbocycles. The highest BCUT2D eigenvalue weighted by atomic mass is 32.1. The van der Waals surface area contributed by atoms with E-state index in [1.165, 1.54) is 17.4 Å². The van der Waals surface area contributed by atoms with E-state index in [0.717, 1.165) is 22.4 Å². The Bertz CT molecular complexity index is 1040. The Morgan fingerprint density at radius 2 is 2.08 bits per heavy atom. The van der Waals surface area contributed by atoms with Crippen molar-refractivity contribution in [3.63, 3.8) is 0 Å². The highest BCUT2D eigenvalue weighted by molar-refractivity contribution is 7.14. The molecular formula is C20H17N3O2S. The molecule has 0 bridgehead atoms. The molecule has 0 spiro atoms. The maximum Gasteiger partial charge on any atom is 0.268 e. The van der Waals surface area contributed by atoms with E-state index in [1.54, 1.807) is 19.1 Å². The zero-order valence-corrected chi connectivity index (χ0v) is 15.5. The number of nitrogens with one attached hydrogen (secondary N) is 1. The number of furan rings is 1. The van der Waals surface area contributed by atoms with Crippen LogP contribution in [0.1, 0.15) is 22.6 Å². The fourth-order valence-electron chi connectivity index (χ4n) is 2.45. The van der Waals surface area contributed by atoms with E-state index in [2.05, 4.69) is 16.4 Å². The van der Waals surface area contributed by atoms with Crippen LogP contribution in [-0.4, -0.2) is 10.9 Å². The van der Waals surface area contributed by atoms with Gasteiger partial charge in [-0.1, -0.05) is 17.7 Å². The monoisotopic (exact) mass is 363 g/mol. The summed E-state index contributed by atoms with van der Waals surface area (Å²) >= 11 is 1.32. The van der Waals surface area contributed by atoms with Crippen molar-refractivity contribution in [2.24, 2.45) is 0 Å². The SMILES string of the molecule is Cc1ccc(C)c(-c2csc(NC(=O)/C(C#N)=C/c3ccc(C)o3)n2)c1. The second-order valence-electron chi connectivity index (χ2n) is 5.93. The molecule has 5 nitrogen and oxygen atoms in total. The van der Waals surface area contributed by atoms with Crippen LogP contribution in [0.15, 0.2) is 45.7 Å². The van der Waals surface area contributed by atoms with Crippen molar-refractivity contribution >= 4 is 28.5 Å². The van der Waals surface area contributed by atoms with Gasteiger partial charge in [-0.25, -0.2) is 4.98 Å². The average Bonchev–Trinajstić information content (AvgIpc) is 3.23. The largest absolute Gasteiger partial charge is 0.462 e. The van der Waals surface area contributed by atoms with Gasteiger partial charge in [0.25, 0.3) is 5.91 Å².